The highest BCUT2D eigenvalue weighted by molar-refractivity contribution is 9.10. The van der Waals surface area contributed by atoms with Gasteiger partial charge in [0.2, 0.25) is 0 Å². The molecule has 4 aromatic rings. The van der Waals surface area contributed by atoms with Crippen LogP contribution in [0.2, 0.25) is 0 Å². The Morgan fingerprint density at radius 2 is 1.91 bits per heavy atom. The molecule has 164 valence electrons. The lowest BCUT2D eigenvalue weighted by Crippen LogP contribution is -2.54. The summed E-state index contributed by atoms with van der Waals surface area (Å²) in [5.41, 5.74) is 2.63. The van der Waals surface area contributed by atoms with Gasteiger partial charge in [0, 0.05) is 4.47 Å². The van der Waals surface area contributed by atoms with Crippen molar-refractivity contribution in [1.82, 2.24) is 15.3 Å². The number of fused-ring (bicyclic) bond motifs is 1. The summed E-state index contributed by atoms with van der Waals surface area (Å²) in [6.45, 7) is 1.77. The number of anilines is 1. The van der Waals surface area contributed by atoms with Crippen LogP contribution in [-0.2, 0) is 9.59 Å². The zero-order valence-corrected chi connectivity index (χ0v) is 19.5. The number of hydrogen-bond donors (Lipinski definition) is 2. The lowest BCUT2D eigenvalue weighted by Gasteiger charge is -2.27. The molecule has 2 aromatic carbocycles. The van der Waals surface area contributed by atoms with Gasteiger partial charge in [-0.15, -0.1) is 0 Å². The van der Waals surface area contributed by atoms with Gasteiger partial charge in [-0.25, -0.2) is 14.7 Å². The third kappa shape index (κ3) is 4.10. The number of H-pyrrole nitrogens is 1. The average molecular weight is 523 g/mol. The van der Waals surface area contributed by atoms with Crippen molar-refractivity contribution in [1.29, 1.82) is 0 Å². The van der Waals surface area contributed by atoms with Crippen molar-refractivity contribution in [3.8, 4) is 0 Å². The minimum absolute atomic E-state index is 0.202. The second kappa shape index (κ2) is 8.38. The van der Waals surface area contributed by atoms with Crippen molar-refractivity contribution in [2.45, 2.75) is 17.2 Å². The van der Waals surface area contributed by atoms with Crippen LogP contribution in [0.15, 0.2) is 79.3 Å². The van der Waals surface area contributed by atoms with Crippen LogP contribution in [0.4, 0.5) is 10.5 Å². The number of carbonyl (C=O) groups excluding carboxylic acids is 3. The fourth-order valence-electron chi connectivity index (χ4n) is 3.43. The molecule has 33 heavy (non-hydrogen) atoms. The smallest absolute Gasteiger partial charge is 0.335 e. The first-order valence-electron chi connectivity index (χ1n) is 9.79. The molecule has 2 N–H and O–H groups in total. The normalized spacial score (nSPS) is 15.5. The van der Waals surface area contributed by atoms with E-state index in [0.29, 0.717) is 27.3 Å². The number of aryl methyl sites for hydroxylation is 1. The number of furan rings is 1. The van der Waals surface area contributed by atoms with E-state index in [4.69, 9.17) is 4.42 Å². The van der Waals surface area contributed by atoms with Crippen molar-refractivity contribution in [2.24, 2.45) is 0 Å². The van der Waals surface area contributed by atoms with E-state index in [1.54, 1.807) is 37.3 Å². The molecule has 0 aliphatic carbocycles. The highest BCUT2D eigenvalue weighted by Crippen LogP contribution is 2.31. The molecule has 0 unspecified atom stereocenters. The second-order valence-corrected chi connectivity index (χ2v) is 9.12. The molecule has 0 bridgehead atoms. The Labute approximate surface area is 200 Å². The number of aromatic nitrogens is 2. The van der Waals surface area contributed by atoms with Crippen molar-refractivity contribution in [3.05, 3.63) is 76.0 Å². The summed E-state index contributed by atoms with van der Waals surface area (Å²) >= 11 is 4.64. The predicted molar refractivity (Wildman–Crippen MR) is 127 cm³/mol. The minimum Gasteiger partial charge on any atom is -0.450 e. The molecule has 1 saturated heterocycles. The summed E-state index contributed by atoms with van der Waals surface area (Å²) in [7, 11) is 0. The van der Waals surface area contributed by atoms with E-state index in [2.05, 4.69) is 31.2 Å². The number of imidazole rings is 1. The average Bonchev–Trinajstić information content (AvgIpc) is 3.38. The van der Waals surface area contributed by atoms with Gasteiger partial charge in [-0.05, 0) is 72.8 Å². The number of rotatable bonds is 4. The van der Waals surface area contributed by atoms with Crippen molar-refractivity contribution >= 4 is 68.3 Å². The molecule has 1 aliphatic rings. The van der Waals surface area contributed by atoms with E-state index in [1.807, 2.05) is 24.3 Å². The molecule has 1 fully saturated rings. The molecule has 0 atom stereocenters. The molecule has 0 spiro atoms. The SMILES string of the molecule is Cc1cc(Br)ccc1N1C(=O)NC(=O)/C(=C\c2ccc(Sc3nc4ccccc4[nH]3)o2)C1=O. The van der Waals surface area contributed by atoms with Gasteiger partial charge in [0.1, 0.15) is 11.3 Å². The Morgan fingerprint density at radius 3 is 2.70 bits per heavy atom. The van der Waals surface area contributed by atoms with E-state index in [9.17, 15) is 14.4 Å². The molecule has 0 saturated carbocycles. The number of barbiturate groups is 1. The highest BCUT2D eigenvalue weighted by Gasteiger charge is 2.37. The summed E-state index contributed by atoms with van der Waals surface area (Å²) in [6.07, 6.45) is 1.33. The Morgan fingerprint density at radius 1 is 1.09 bits per heavy atom. The van der Waals surface area contributed by atoms with Gasteiger partial charge >= 0.3 is 6.03 Å². The maximum absolute atomic E-state index is 13.1. The number of nitrogens with zero attached hydrogens (tertiary/aromatic N) is 2. The lowest BCUT2D eigenvalue weighted by atomic mass is 10.1. The second-order valence-electron chi connectivity index (χ2n) is 7.21. The summed E-state index contributed by atoms with van der Waals surface area (Å²) in [5, 5.41) is 3.40. The first kappa shape index (κ1) is 21.2. The number of aromatic amines is 1. The maximum Gasteiger partial charge on any atom is 0.335 e. The zero-order valence-electron chi connectivity index (χ0n) is 17.1. The molecule has 0 radical (unpaired) electrons. The van der Waals surface area contributed by atoms with Crippen molar-refractivity contribution < 1.29 is 18.8 Å². The first-order valence-corrected chi connectivity index (χ1v) is 11.4. The fraction of sp³-hybridized carbons (Fsp3) is 0.0435. The van der Waals surface area contributed by atoms with E-state index in [-0.39, 0.29) is 5.57 Å². The number of amides is 4. The van der Waals surface area contributed by atoms with Crippen LogP contribution in [0.1, 0.15) is 11.3 Å². The number of benzene rings is 2. The number of carbonyl (C=O) groups is 3. The summed E-state index contributed by atoms with van der Waals surface area (Å²) < 4.78 is 6.59. The number of halogens is 1. The zero-order chi connectivity index (χ0) is 23.1. The number of urea groups is 1. The topological polar surface area (TPSA) is 108 Å². The number of para-hydroxylation sites is 2. The van der Waals surface area contributed by atoms with Crippen LogP contribution < -0.4 is 10.2 Å². The molecule has 1 aliphatic heterocycles. The molecule has 10 heteroatoms. The van der Waals surface area contributed by atoms with Crippen LogP contribution in [-0.4, -0.2) is 27.8 Å². The van der Waals surface area contributed by atoms with Gasteiger partial charge in [0.05, 0.1) is 16.7 Å². The molecule has 5 rings (SSSR count). The third-order valence-corrected chi connectivity index (χ3v) is 6.26. The van der Waals surface area contributed by atoms with Crippen LogP contribution in [0.25, 0.3) is 17.1 Å². The number of nitrogens with one attached hydrogen (secondary N) is 2. The van der Waals surface area contributed by atoms with E-state index < -0.39 is 17.8 Å². The van der Waals surface area contributed by atoms with Gasteiger partial charge in [-0.3, -0.25) is 14.9 Å². The van der Waals surface area contributed by atoms with E-state index in [1.165, 1.54) is 17.8 Å². The molecule has 3 heterocycles. The standard InChI is InChI=1S/C23H15BrN4O4S/c1-12-10-13(24)6-8-18(12)28-21(30)15(20(29)27-23(28)31)11-14-7-9-19(32-14)33-22-25-16-4-2-3-5-17(16)26-22/h2-11H,1H3,(H,25,26)(H,27,29,31)/b15-11+. The molecular weight excluding hydrogens is 508 g/mol. The monoisotopic (exact) mass is 522 g/mol. The number of hydrogen-bond acceptors (Lipinski definition) is 6. The van der Waals surface area contributed by atoms with Crippen molar-refractivity contribution in [2.75, 3.05) is 4.90 Å². The summed E-state index contributed by atoms with van der Waals surface area (Å²) in [5.74, 6) is -1.20. The van der Waals surface area contributed by atoms with Gasteiger partial charge < -0.3 is 9.40 Å². The molecule has 2 aromatic heterocycles. The minimum atomic E-state index is -0.798. The Kier molecular flexibility index (Phi) is 5.39. The fourth-order valence-corrected chi connectivity index (χ4v) is 4.67. The Hall–Kier alpha value is -3.63. The van der Waals surface area contributed by atoms with Gasteiger partial charge in [0.25, 0.3) is 11.8 Å². The Balaban J connectivity index is 1.42. The third-order valence-electron chi connectivity index (χ3n) is 4.96. The van der Waals surface area contributed by atoms with Crippen LogP contribution in [0.3, 0.4) is 0 Å². The first-order chi connectivity index (χ1) is 15.9. The van der Waals surface area contributed by atoms with Crippen LogP contribution in [0, 0.1) is 6.92 Å². The van der Waals surface area contributed by atoms with Crippen molar-refractivity contribution in [3.63, 3.8) is 0 Å². The van der Waals surface area contributed by atoms with Crippen LogP contribution in [0.5, 0.6) is 0 Å². The Bertz CT molecular complexity index is 1440. The maximum atomic E-state index is 13.1. The number of imide groups is 2. The highest BCUT2D eigenvalue weighted by atomic mass is 79.9. The quantitative estimate of drug-likeness (QED) is 0.287. The molecule has 4 amide bonds. The van der Waals surface area contributed by atoms with Gasteiger partial charge in [0.15, 0.2) is 10.2 Å². The van der Waals surface area contributed by atoms with Crippen LogP contribution >= 0.6 is 27.7 Å². The largest absolute Gasteiger partial charge is 0.450 e. The molecule has 8 nitrogen and oxygen atoms in total. The lowest BCUT2D eigenvalue weighted by molar-refractivity contribution is -0.122. The summed E-state index contributed by atoms with van der Waals surface area (Å²) in [6, 6.07) is 15.4. The summed E-state index contributed by atoms with van der Waals surface area (Å²) in [4.78, 5) is 46.6. The predicted octanol–water partition coefficient (Wildman–Crippen LogP) is 5.04. The van der Waals surface area contributed by atoms with Gasteiger partial charge in [-0.1, -0.05) is 28.1 Å². The van der Waals surface area contributed by atoms with E-state index in [0.717, 1.165) is 20.4 Å². The molecular formula is C23H15BrN4O4S. The van der Waals surface area contributed by atoms with Gasteiger partial charge in [-0.2, -0.15) is 0 Å². The van der Waals surface area contributed by atoms with E-state index >= 15 is 0 Å².